The predicted octanol–water partition coefficient (Wildman–Crippen LogP) is 13.2. The lowest BCUT2D eigenvalue weighted by atomic mass is 10.0. The Morgan fingerprint density at radius 1 is 0.462 bits per heavy atom. The van der Waals surface area contributed by atoms with Crippen molar-refractivity contribution in [3.05, 3.63) is 36.5 Å². The molecule has 0 aromatic rings. The van der Waals surface area contributed by atoms with E-state index in [9.17, 15) is 20.1 Å². The van der Waals surface area contributed by atoms with Gasteiger partial charge >= 0.3 is 0 Å². The van der Waals surface area contributed by atoms with Crippen LogP contribution in [0.25, 0.3) is 0 Å². The van der Waals surface area contributed by atoms with E-state index >= 15 is 0 Å². The topological polar surface area (TPSA) is 89.8 Å². The Hall–Kier alpha value is -1.43. The summed E-state index contributed by atoms with van der Waals surface area (Å²) in [5, 5.41) is 33.1. The van der Waals surface area contributed by atoms with Crippen LogP contribution < -0.4 is 5.32 Å². The second-order valence-corrected chi connectivity index (χ2v) is 15.6. The van der Waals surface area contributed by atoms with Gasteiger partial charge in [-0.15, -0.1) is 0 Å². The van der Waals surface area contributed by atoms with Gasteiger partial charge in [0.15, 0.2) is 0 Å². The molecule has 0 radical (unpaired) electrons. The molecule has 52 heavy (non-hydrogen) atoms. The average Bonchev–Trinajstić information content (AvgIpc) is 3.15. The van der Waals surface area contributed by atoms with Crippen molar-refractivity contribution in [2.75, 3.05) is 6.61 Å². The molecule has 0 saturated carbocycles. The van der Waals surface area contributed by atoms with Gasteiger partial charge in [-0.2, -0.15) is 0 Å². The van der Waals surface area contributed by atoms with E-state index in [0.717, 1.165) is 44.9 Å². The van der Waals surface area contributed by atoms with Crippen LogP contribution in [-0.4, -0.2) is 46.1 Å². The van der Waals surface area contributed by atoms with E-state index < -0.39 is 24.2 Å². The molecule has 3 atom stereocenters. The fourth-order valence-electron chi connectivity index (χ4n) is 6.86. The molecule has 0 aliphatic rings. The van der Waals surface area contributed by atoms with Crippen molar-refractivity contribution in [1.29, 1.82) is 0 Å². The number of amides is 1. The predicted molar refractivity (Wildman–Crippen MR) is 227 cm³/mol. The van der Waals surface area contributed by atoms with E-state index in [4.69, 9.17) is 0 Å². The number of allylic oxidation sites excluding steroid dienone is 5. The number of hydrogen-bond acceptors (Lipinski definition) is 4. The van der Waals surface area contributed by atoms with Crippen LogP contribution in [0.5, 0.6) is 0 Å². The lowest BCUT2D eigenvalue weighted by molar-refractivity contribution is -0.131. The molecule has 5 heteroatoms. The summed E-state index contributed by atoms with van der Waals surface area (Å²) in [7, 11) is 0. The van der Waals surface area contributed by atoms with Crippen LogP contribution in [0.1, 0.15) is 232 Å². The Labute approximate surface area is 324 Å². The first-order chi connectivity index (χ1) is 25.6. The van der Waals surface area contributed by atoms with E-state index in [1.807, 2.05) is 6.08 Å². The van der Waals surface area contributed by atoms with Gasteiger partial charge in [0.25, 0.3) is 0 Å². The number of carbonyl (C=O) groups is 1. The van der Waals surface area contributed by atoms with E-state index in [1.54, 1.807) is 6.08 Å². The summed E-state index contributed by atoms with van der Waals surface area (Å²) >= 11 is 0. The van der Waals surface area contributed by atoms with E-state index in [0.29, 0.717) is 6.42 Å². The Morgan fingerprint density at radius 3 is 1.17 bits per heavy atom. The first-order valence-electron chi connectivity index (χ1n) is 22.8. The summed E-state index contributed by atoms with van der Waals surface area (Å²) in [5.41, 5.74) is 0. The summed E-state index contributed by atoms with van der Waals surface area (Å²) in [4.78, 5) is 12.5. The van der Waals surface area contributed by atoms with Gasteiger partial charge in [-0.3, -0.25) is 4.79 Å². The van der Waals surface area contributed by atoms with Gasteiger partial charge < -0.3 is 20.6 Å². The Kier molecular flexibility index (Phi) is 41.1. The van der Waals surface area contributed by atoms with Gasteiger partial charge in [0.1, 0.15) is 6.10 Å². The molecule has 0 saturated heterocycles. The van der Waals surface area contributed by atoms with Crippen molar-refractivity contribution < 1.29 is 20.1 Å². The zero-order valence-electron chi connectivity index (χ0n) is 34.7. The van der Waals surface area contributed by atoms with Gasteiger partial charge in [-0.25, -0.2) is 0 Å². The molecule has 4 N–H and O–H groups in total. The molecule has 3 unspecified atom stereocenters. The minimum Gasteiger partial charge on any atom is -0.394 e. The molecule has 5 nitrogen and oxygen atoms in total. The Balaban J connectivity index is 3.72. The first-order valence-corrected chi connectivity index (χ1v) is 22.8. The normalized spacial score (nSPS) is 13.9. The lowest BCUT2D eigenvalue weighted by Crippen LogP contribution is -2.48. The van der Waals surface area contributed by atoms with Crippen LogP contribution in [-0.2, 0) is 4.79 Å². The smallest absolute Gasteiger partial charge is 0.249 e. The standard InChI is InChI=1S/C47H89NO4/c1-3-5-7-9-11-13-15-17-19-21-22-23-24-25-26-28-29-31-33-35-37-39-41-45(50)44(43-49)48-47(52)46(51)42-40-38-36-34-32-30-27-20-18-16-14-12-10-8-6-4-2/h25-26,31,33,39,41,44-46,49-51H,3-24,27-30,32,34-38,40,42-43H2,1-2H3,(H,48,52)/b26-25+,33-31+,41-39+. The first kappa shape index (κ1) is 50.6. The van der Waals surface area contributed by atoms with E-state index in [-0.39, 0.29) is 6.61 Å². The van der Waals surface area contributed by atoms with Crippen LogP contribution in [0.4, 0.5) is 0 Å². The lowest BCUT2D eigenvalue weighted by Gasteiger charge is -2.21. The van der Waals surface area contributed by atoms with Crippen molar-refractivity contribution in [3.8, 4) is 0 Å². The number of aliphatic hydroxyl groups excluding tert-OH is 3. The monoisotopic (exact) mass is 732 g/mol. The fraction of sp³-hybridized carbons (Fsp3) is 0.851. The fourth-order valence-corrected chi connectivity index (χ4v) is 6.86. The molecule has 0 rings (SSSR count). The number of unbranched alkanes of at least 4 members (excludes halogenated alkanes) is 29. The van der Waals surface area contributed by atoms with Crippen LogP contribution in [0.3, 0.4) is 0 Å². The molecular formula is C47H89NO4. The maximum absolute atomic E-state index is 12.5. The largest absolute Gasteiger partial charge is 0.394 e. The zero-order valence-corrected chi connectivity index (χ0v) is 34.7. The maximum Gasteiger partial charge on any atom is 0.249 e. The van der Waals surface area contributed by atoms with Crippen LogP contribution in [0.2, 0.25) is 0 Å². The third-order valence-electron chi connectivity index (χ3n) is 10.5. The maximum atomic E-state index is 12.5. The SMILES string of the molecule is CCCCCCCCCCCCCC/C=C/CC/C=C/CC/C=C/C(O)C(CO)NC(=O)C(O)CCCCCCCCCCCCCCCCCC. The second-order valence-electron chi connectivity index (χ2n) is 15.6. The summed E-state index contributed by atoms with van der Waals surface area (Å²) in [6.07, 6.45) is 53.2. The van der Waals surface area contributed by atoms with Gasteiger partial charge in [-0.05, 0) is 44.9 Å². The van der Waals surface area contributed by atoms with Crippen molar-refractivity contribution >= 4 is 5.91 Å². The minimum atomic E-state index is -1.11. The van der Waals surface area contributed by atoms with Crippen LogP contribution in [0.15, 0.2) is 36.5 Å². The molecule has 0 bridgehead atoms. The van der Waals surface area contributed by atoms with Gasteiger partial charge in [0.2, 0.25) is 5.91 Å². The zero-order chi connectivity index (χ0) is 38.0. The quantitative estimate of drug-likeness (QED) is 0.0372. The number of hydrogen-bond donors (Lipinski definition) is 4. The Morgan fingerprint density at radius 2 is 0.788 bits per heavy atom. The minimum absolute atomic E-state index is 0.379. The number of nitrogens with one attached hydrogen (secondary N) is 1. The highest BCUT2D eigenvalue weighted by Gasteiger charge is 2.22. The second kappa shape index (κ2) is 42.3. The molecule has 0 spiro atoms. The van der Waals surface area contributed by atoms with Crippen molar-refractivity contribution in [3.63, 3.8) is 0 Å². The highest BCUT2D eigenvalue weighted by molar-refractivity contribution is 5.80. The van der Waals surface area contributed by atoms with Gasteiger partial charge in [-0.1, -0.05) is 224 Å². The highest BCUT2D eigenvalue weighted by atomic mass is 16.3. The van der Waals surface area contributed by atoms with Crippen molar-refractivity contribution in [2.24, 2.45) is 0 Å². The van der Waals surface area contributed by atoms with Gasteiger partial charge in [0.05, 0.1) is 18.8 Å². The number of rotatable bonds is 41. The highest BCUT2D eigenvalue weighted by Crippen LogP contribution is 2.15. The summed E-state index contributed by atoms with van der Waals surface area (Å²) < 4.78 is 0. The summed E-state index contributed by atoms with van der Waals surface area (Å²) in [6, 6.07) is -0.818. The summed E-state index contributed by atoms with van der Waals surface area (Å²) in [6.45, 7) is 4.17. The molecule has 0 aromatic carbocycles. The van der Waals surface area contributed by atoms with Crippen molar-refractivity contribution in [1.82, 2.24) is 5.32 Å². The summed E-state index contributed by atoms with van der Waals surface area (Å²) in [5.74, 6) is -0.515. The third-order valence-corrected chi connectivity index (χ3v) is 10.5. The van der Waals surface area contributed by atoms with Crippen LogP contribution >= 0.6 is 0 Å². The Bertz CT molecular complexity index is 809. The van der Waals surface area contributed by atoms with E-state index in [2.05, 4.69) is 43.5 Å². The van der Waals surface area contributed by atoms with E-state index in [1.165, 1.54) is 167 Å². The molecule has 0 fully saturated rings. The van der Waals surface area contributed by atoms with Crippen molar-refractivity contribution in [2.45, 2.75) is 250 Å². The molecule has 0 heterocycles. The van der Waals surface area contributed by atoms with Gasteiger partial charge in [0, 0.05) is 0 Å². The van der Waals surface area contributed by atoms with Crippen LogP contribution in [0, 0.1) is 0 Å². The molecule has 0 aliphatic carbocycles. The molecule has 1 amide bonds. The molecular weight excluding hydrogens is 643 g/mol. The third kappa shape index (κ3) is 36.9. The number of carbonyl (C=O) groups excluding carboxylic acids is 1. The molecule has 306 valence electrons. The average molecular weight is 732 g/mol. The molecule has 0 aromatic heterocycles. The number of aliphatic hydroxyl groups is 3. The molecule has 0 aliphatic heterocycles.